The van der Waals surface area contributed by atoms with E-state index < -0.39 is 28.4 Å². The number of Topliss-reactive ketones (excluding diaryl/α,β-unsaturated/α-hetero) is 2. The fourth-order valence-corrected chi connectivity index (χ4v) is 5.76. The van der Waals surface area contributed by atoms with Crippen LogP contribution in [-0.4, -0.2) is 32.5 Å². The fourth-order valence-electron chi connectivity index (χ4n) is 4.77. The van der Waals surface area contributed by atoms with Gasteiger partial charge in [-0.3, -0.25) is 29.4 Å². The first kappa shape index (κ1) is 28.4. The van der Waals surface area contributed by atoms with Crippen molar-refractivity contribution in [2.75, 3.05) is 4.90 Å². The highest BCUT2D eigenvalue weighted by Gasteiger charge is 2.48. The lowest BCUT2D eigenvalue weighted by Crippen LogP contribution is -2.29. The van der Waals surface area contributed by atoms with Crippen LogP contribution < -0.4 is 9.64 Å². The number of aliphatic hydroxyl groups is 1. The zero-order chi connectivity index (χ0) is 30.1. The summed E-state index contributed by atoms with van der Waals surface area (Å²) < 4.78 is 5.86. The number of rotatable bonds is 8. The molecule has 1 fully saturated rings. The molecule has 1 unspecified atom stereocenters. The molecule has 0 saturated carbocycles. The number of anilines is 1. The van der Waals surface area contributed by atoms with Crippen LogP contribution in [-0.2, 0) is 16.2 Å². The number of non-ortho nitro benzene ring substituents is 1. The predicted octanol–water partition coefficient (Wildman–Crippen LogP) is 6.08. The van der Waals surface area contributed by atoms with Gasteiger partial charge in [0.2, 0.25) is 0 Å². The summed E-state index contributed by atoms with van der Waals surface area (Å²) >= 11 is 0.956. The number of aromatic nitrogens is 1. The smallest absolute Gasteiger partial charge is 0.301 e. The van der Waals surface area contributed by atoms with E-state index in [2.05, 4.69) is 4.98 Å². The van der Waals surface area contributed by atoms with Crippen molar-refractivity contribution in [2.45, 2.75) is 33.4 Å². The number of ether oxygens (including phenoxy) is 1. The molecule has 1 atom stereocenters. The molecule has 4 aromatic rings. The van der Waals surface area contributed by atoms with Crippen molar-refractivity contribution in [1.29, 1.82) is 0 Å². The van der Waals surface area contributed by atoms with Crippen molar-refractivity contribution in [3.05, 3.63) is 121 Å². The molecule has 0 spiro atoms. The summed E-state index contributed by atoms with van der Waals surface area (Å²) in [4.78, 5) is 55.4. The molecule has 0 radical (unpaired) electrons. The highest BCUT2D eigenvalue weighted by atomic mass is 32.1. The third-order valence-corrected chi connectivity index (χ3v) is 8.05. The Morgan fingerprint density at radius 1 is 1.07 bits per heavy atom. The third-order valence-electron chi connectivity index (χ3n) is 6.79. The van der Waals surface area contributed by atoms with Crippen LogP contribution >= 0.6 is 11.3 Å². The highest BCUT2D eigenvalue weighted by Crippen LogP contribution is 2.44. The summed E-state index contributed by atoms with van der Waals surface area (Å²) in [5.41, 5.74) is 2.73. The Kier molecular flexibility index (Phi) is 7.68. The van der Waals surface area contributed by atoms with Crippen molar-refractivity contribution in [2.24, 2.45) is 0 Å². The van der Waals surface area contributed by atoms with E-state index in [1.54, 1.807) is 31.2 Å². The average molecular weight is 584 g/mol. The van der Waals surface area contributed by atoms with Gasteiger partial charge in [0.05, 0.1) is 27.1 Å². The predicted molar refractivity (Wildman–Crippen MR) is 157 cm³/mol. The molecule has 11 heteroatoms. The molecular formula is C31H25N3O7S. The molecule has 1 aliphatic rings. The van der Waals surface area contributed by atoms with E-state index in [9.17, 15) is 29.6 Å². The van der Waals surface area contributed by atoms with Gasteiger partial charge in [0, 0.05) is 24.6 Å². The number of ketones is 2. The molecule has 2 heterocycles. The molecule has 42 heavy (non-hydrogen) atoms. The first-order valence-corrected chi connectivity index (χ1v) is 13.7. The lowest BCUT2D eigenvalue weighted by Gasteiger charge is -2.23. The molecule has 0 bridgehead atoms. The topological polar surface area (TPSA) is 140 Å². The van der Waals surface area contributed by atoms with Crippen LogP contribution in [0, 0.1) is 24.0 Å². The molecule has 212 valence electrons. The number of nitro benzene ring substituents is 1. The molecule has 5 rings (SSSR count). The van der Waals surface area contributed by atoms with E-state index in [-0.39, 0.29) is 27.7 Å². The zero-order valence-corrected chi connectivity index (χ0v) is 23.7. The van der Waals surface area contributed by atoms with Crippen LogP contribution in [0.15, 0.2) is 78.4 Å². The number of aryl methyl sites for hydroxylation is 2. The van der Waals surface area contributed by atoms with Crippen LogP contribution in [0.25, 0.3) is 5.76 Å². The lowest BCUT2D eigenvalue weighted by molar-refractivity contribution is -0.384. The van der Waals surface area contributed by atoms with Crippen LogP contribution in [0.3, 0.4) is 0 Å². The largest absolute Gasteiger partial charge is 0.507 e. The molecule has 3 aromatic carbocycles. The van der Waals surface area contributed by atoms with Gasteiger partial charge in [0.15, 0.2) is 10.9 Å². The average Bonchev–Trinajstić information content (AvgIpc) is 3.48. The minimum absolute atomic E-state index is 0.0992. The number of nitro groups is 1. The summed E-state index contributed by atoms with van der Waals surface area (Å²) in [6, 6.07) is 18.5. The Labute approximate surface area is 244 Å². The summed E-state index contributed by atoms with van der Waals surface area (Å²) in [5.74, 6) is -2.03. The number of aliphatic hydroxyl groups excluding tert-OH is 1. The summed E-state index contributed by atoms with van der Waals surface area (Å²) in [5, 5.41) is 22.7. The minimum atomic E-state index is -1.14. The molecule has 1 aliphatic heterocycles. The van der Waals surface area contributed by atoms with Crippen molar-refractivity contribution in [3.63, 3.8) is 0 Å². The summed E-state index contributed by atoms with van der Waals surface area (Å²) in [7, 11) is 0. The summed E-state index contributed by atoms with van der Waals surface area (Å²) in [6.07, 6.45) is 0. The van der Waals surface area contributed by atoms with Gasteiger partial charge in [-0.05, 0) is 61.4 Å². The fraction of sp³-hybridized carbons (Fsp3) is 0.161. The molecule has 1 amide bonds. The molecule has 10 nitrogen and oxygen atoms in total. The van der Waals surface area contributed by atoms with E-state index in [1.807, 2.05) is 31.2 Å². The first-order valence-electron chi connectivity index (χ1n) is 12.9. The van der Waals surface area contributed by atoms with Gasteiger partial charge in [-0.25, -0.2) is 4.98 Å². The maximum Gasteiger partial charge on any atom is 0.301 e. The molecule has 0 aliphatic carbocycles. The van der Waals surface area contributed by atoms with Gasteiger partial charge in [0.1, 0.15) is 18.1 Å². The monoisotopic (exact) mass is 583 g/mol. The number of carbonyl (C=O) groups is 3. The number of amides is 1. The van der Waals surface area contributed by atoms with E-state index in [0.717, 1.165) is 27.4 Å². The molecule has 1 saturated heterocycles. The molecule has 1 aromatic heterocycles. The normalized spacial score (nSPS) is 16.1. The van der Waals surface area contributed by atoms with E-state index in [4.69, 9.17) is 4.74 Å². The Balaban J connectivity index is 1.54. The van der Waals surface area contributed by atoms with Crippen molar-refractivity contribution >= 4 is 45.4 Å². The van der Waals surface area contributed by atoms with Gasteiger partial charge in [-0.1, -0.05) is 41.2 Å². The van der Waals surface area contributed by atoms with Crippen LogP contribution in [0.1, 0.15) is 50.6 Å². The maximum absolute atomic E-state index is 13.4. The van der Waals surface area contributed by atoms with Crippen molar-refractivity contribution in [3.8, 4) is 5.75 Å². The van der Waals surface area contributed by atoms with Gasteiger partial charge >= 0.3 is 5.91 Å². The summed E-state index contributed by atoms with van der Waals surface area (Å²) in [6.45, 7) is 5.33. The van der Waals surface area contributed by atoms with Gasteiger partial charge in [-0.2, -0.15) is 0 Å². The quantitative estimate of drug-likeness (QED) is 0.0658. The molecule has 1 N–H and O–H groups in total. The SMILES string of the molecule is CC(=O)c1sc(N2C(=O)C(=O)C(=C(O)c3ccc(OCc4cccc(C)c4)cc3)C2c2ccc([N+](=O)[O-])cc2)nc1C. The molecular weight excluding hydrogens is 558 g/mol. The van der Waals surface area contributed by atoms with Gasteiger partial charge in [0.25, 0.3) is 11.5 Å². The Bertz CT molecular complexity index is 1760. The van der Waals surface area contributed by atoms with Gasteiger partial charge in [-0.15, -0.1) is 0 Å². The number of carbonyl (C=O) groups excluding carboxylic acids is 3. The highest BCUT2D eigenvalue weighted by molar-refractivity contribution is 7.18. The zero-order valence-electron chi connectivity index (χ0n) is 22.9. The Morgan fingerprint density at radius 3 is 2.36 bits per heavy atom. The maximum atomic E-state index is 13.4. The third kappa shape index (κ3) is 5.41. The Morgan fingerprint density at radius 2 is 1.76 bits per heavy atom. The number of thiazole rings is 1. The van der Waals surface area contributed by atoms with Crippen LogP contribution in [0.5, 0.6) is 5.75 Å². The first-order chi connectivity index (χ1) is 20.0. The van der Waals surface area contributed by atoms with Crippen molar-refractivity contribution < 1.29 is 29.2 Å². The van der Waals surface area contributed by atoms with E-state index >= 15 is 0 Å². The second kappa shape index (κ2) is 11.4. The second-order valence-corrected chi connectivity index (χ2v) is 10.8. The number of hydrogen-bond donors (Lipinski definition) is 1. The lowest BCUT2D eigenvalue weighted by atomic mass is 9.95. The van der Waals surface area contributed by atoms with Crippen LogP contribution in [0.4, 0.5) is 10.8 Å². The van der Waals surface area contributed by atoms with E-state index in [1.165, 1.54) is 31.2 Å². The second-order valence-electron chi connectivity index (χ2n) is 9.79. The Hall–Kier alpha value is -5.16. The van der Waals surface area contributed by atoms with Crippen molar-refractivity contribution in [1.82, 2.24) is 4.98 Å². The number of nitrogens with zero attached hydrogens (tertiary/aromatic N) is 3. The number of hydrogen-bond acceptors (Lipinski definition) is 9. The number of benzene rings is 3. The minimum Gasteiger partial charge on any atom is -0.507 e. The standard InChI is InChI=1S/C31H25N3O7S/c1-17-5-4-6-20(15-17)16-41-24-13-9-22(10-14-24)27(36)25-26(21-7-11-23(12-8-21)34(39)40)33(30(38)28(25)37)31-32-18(2)29(42-31)19(3)35/h4-15,26,36H,16H2,1-3H3. The van der Waals surface area contributed by atoms with Gasteiger partial charge < -0.3 is 9.84 Å². The van der Waals surface area contributed by atoms with E-state index in [0.29, 0.717) is 28.5 Å². The van der Waals surface area contributed by atoms with Crippen LogP contribution in [0.2, 0.25) is 0 Å².